The molecule has 0 fully saturated rings. The zero-order valence-corrected chi connectivity index (χ0v) is 12.0. The third-order valence-corrected chi connectivity index (χ3v) is 4.00. The molecule has 0 aliphatic heterocycles. The van der Waals surface area contributed by atoms with Crippen LogP contribution in [-0.2, 0) is 0 Å². The van der Waals surface area contributed by atoms with Crippen molar-refractivity contribution < 1.29 is 4.39 Å². The van der Waals surface area contributed by atoms with Gasteiger partial charge in [-0.15, -0.1) is 0 Å². The second-order valence-corrected chi connectivity index (χ2v) is 5.85. The molecule has 0 bridgehead atoms. The summed E-state index contributed by atoms with van der Waals surface area (Å²) in [5, 5.41) is 3.62. The van der Waals surface area contributed by atoms with E-state index in [4.69, 9.17) is 11.6 Å². The Balaban J connectivity index is 2.57. The summed E-state index contributed by atoms with van der Waals surface area (Å²) in [7, 11) is 0. The molecule has 17 heavy (non-hydrogen) atoms. The van der Waals surface area contributed by atoms with Gasteiger partial charge in [-0.25, -0.2) is 4.39 Å². The molecule has 0 amide bonds. The molecule has 1 aromatic carbocycles. The van der Waals surface area contributed by atoms with Gasteiger partial charge in [0, 0.05) is 17.8 Å². The summed E-state index contributed by atoms with van der Waals surface area (Å²) in [6.07, 6.45) is 0. The minimum Gasteiger partial charge on any atom is -0.307 e. The van der Waals surface area contributed by atoms with Gasteiger partial charge in [-0.3, -0.25) is 0 Å². The Hall–Kier alpha value is -0.250. The molecule has 0 aromatic heterocycles. The standard InChI is InChI=1S/C13H19ClFNS/c1-4-17-8-9(2)16-10(3)11-5-6-12(14)13(15)7-11/h5-7,9-10,16H,4,8H2,1-3H3. The van der Waals surface area contributed by atoms with E-state index < -0.39 is 0 Å². The highest BCUT2D eigenvalue weighted by atomic mass is 35.5. The summed E-state index contributed by atoms with van der Waals surface area (Å²) in [6.45, 7) is 6.33. The van der Waals surface area contributed by atoms with Crippen LogP contribution in [0.4, 0.5) is 4.39 Å². The van der Waals surface area contributed by atoms with Gasteiger partial charge >= 0.3 is 0 Å². The fraction of sp³-hybridized carbons (Fsp3) is 0.538. The van der Waals surface area contributed by atoms with Crippen molar-refractivity contribution in [1.29, 1.82) is 0 Å². The lowest BCUT2D eigenvalue weighted by Crippen LogP contribution is -2.31. The number of benzene rings is 1. The predicted molar refractivity (Wildman–Crippen MR) is 75.4 cm³/mol. The SMILES string of the molecule is CCSCC(C)NC(C)c1ccc(Cl)c(F)c1. The van der Waals surface area contributed by atoms with Crippen LogP contribution in [0.25, 0.3) is 0 Å². The summed E-state index contributed by atoms with van der Waals surface area (Å²) < 4.78 is 13.3. The van der Waals surface area contributed by atoms with E-state index in [9.17, 15) is 4.39 Å². The normalized spacial score (nSPS) is 14.6. The molecule has 1 nitrogen and oxygen atoms in total. The van der Waals surface area contributed by atoms with Gasteiger partial charge in [-0.05, 0) is 37.3 Å². The Kier molecular flexibility index (Phi) is 6.31. The number of hydrogen-bond acceptors (Lipinski definition) is 2. The maximum absolute atomic E-state index is 13.3. The molecule has 96 valence electrons. The molecule has 1 N–H and O–H groups in total. The lowest BCUT2D eigenvalue weighted by atomic mass is 10.1. The number of hydrogen-bond donors (Lipinski definition) is 1. The summed E-state index contributed by atoms with van der Waals surface area (Å²) >= 11 is 7.56. The van der Waals surface area contributed by atoms with Crippen molar-refractivity contribution in [1.82, 2.24) is 5.32 Å². The zero-order chi connectivity index (χ0) is 12.8. The van der Waals surface area contributed by atoms with E-state index in [1.807, 2.05) is 24.8 Å². The fourth-order valence-electron chi connectivity index (χ4n) is 1.65. The topological polar surface area (TPSA) is 12.0 Å². The van der Waals surface area contributed by atoms with Gasteiger partial charge in [0.15, 0.2) is 0 Å². The number of thioether (sulfide) groups is 1. The summed E-state index contributed by atoms with van der Waals surface area (Å²) in [5.74, 6) is 1.83. The number of nitrogens with one attached hydrogen (secondary N) is 1. The molecule has 0 aliphatic carbocycles. The monoisotopic (exact) mass is 275 g/mol. The smallest absolute Gasteiger partial charge is 0.142 e. The molecular formula is C13H19ClFNS. The van der Waals surface area contributed by atoms with Gasteiger partial charge in [0.1, 0.15) is 5.82 Å². The van der Waals surface area contributed by atoms with E-state index in [1.165, 1.54) is 6.07 Å². The van der Waals surface area contributed by atoms with Crippen LogP contribution >= 0.6 is 23.4 Å². The van der Waals surface area contributed by atoms with Gasteiger partial charge in [0.2, 0.25) is 0 Å². The van der Waals surface area contributed by atoms with Crippen LogP contribution in [0.15, 0.2) is 18.2 Å². The highest BCUT2D eigenvalue weighted by Gasteiger charge is 2.11. The third kappa shape index (κ3) is 4.86. The van der Waals surface area contributed by atoms with Crippen molar-refractivity contribution in [3.63, 3.8) is 0 Å². The first-order valence-electron chi connectivity index (χ1n) is 5.83. The predicted octanol–water partition coefficient (Wildman–Crippen LogP) is 4.27. The third-order valence-electron chi connectivity index (χ3n) is 2.55. The minimum absolute atomic E-state index is 0.134. The second kappa shape index (κ2) is 7.24. The van der Waals surface area contributed by atoms with E-state index in [-0.39, 0.29) is 16.9 Å². The molecule has 0 spiro atoms. The first kappa shape index (κ1) is 14.8. The van der Waals surface area contributed by atoms with Crippen molar-refractivity contribution in [2.75, 3.05) is 11.5 Å². The molecular weight excluding hydrogens is 257 g/mol. The fourth-order valence-corrected chi connectivity index (χ4v) is 2.45. The quantitative estimate of drug-likeness (QED) is 0.832. The maximum atomic E-state index is 13.3. The van der Waals surface area contributed by atoms with Crippen molar-refractivity contribution in [3.05, 3.63) is 34.6 Å². The van der Waals surface area contributed by atoms with Crippen LogP contribution in [-0.4, -0.2) is 17.5 Å². The molecule has 0 saturated carbocycles. The van der Waals surface area contributed by atoms with Crippen LogP contribution in [0.5, 0.6) is 0 Å². The molecule has 0 aliphatic rings. The molecule has 1 rings (SSSR count). The van der Waals surface area contributed by atoms with E-state index in [1.54, 1.807) is 6.07 Å². The molecule has 2 unspecified atom stereocenters. The Morgan fingerprint density at radius 1 is 1.41 bits per heavy atom. The molecule has 4 heteroatoms. The summed E-state index contributed by atoms with van der Waals surface area (Å²) in [5.41, 5.74) is 0.931. The highest BCUT2D eigenvalue weighted by molar-refractivity contribution is 7.99. The summed E-state index contributed by atoms with van der Waals surface area (Å²) in [4.78, 5) is 0. The Morgan fingerprint density at radius 3 is 2.71 bits per heavy atom. The largest absolute Gasteiger partial charge is 0.307 e. The minimum atomic E-state index is -0.353. The second-order valence-electron chi connectivity index (χ2n) is 4.12. The highest BCUT2D eigenvalue weighted by Crippen LogP contribution is 2.20. The van der Waals surface area contributed by atoms with Crippen LogP contribution in [0, 0.1) is 5.82 Å². The van der Waals surface area contributed by atoms with E-state index >= 15 is 0 Å². The first-order chi connectivity index (χ1) is 8.04. The maximum Gasteiger partial charge on any atom is 0.142 e. The van der Waals surface area contributed by atoms with Crippen LogP contribution in [0.3, 0.4) is 0 Å². The van der Waals surface area contributed by atoms with E-state index in [2.05, 4.69) is 19.2 Å². The van der Waals surface area contributed by atoms with Gasteiger partial charge < -0.3 is 5.32 Å². The Bertz CT molecular complexity index is 359. The van der Waals surface area contributed by atoms with Gasteiger partial charge in [-0.2, -0.15) is 11.8 Å². The van der Waals surface area contributed by atoms with Crippen molar-refractivity contribution in [2.24, 2.45) is 0 Å². The average Bonchev–Trinajstić information content (AvgIpc) is 2.30. The van der Waals surface area contributed by atoms with Crippen molar-refractivity contribution in [3.8, 4) is 0 Å². The Labute approximate surface area is 112 Å². The molecule has 0 heterocycles. The van der Waals surface area contributed by atoms with Crippen LogP contribution < -0.4 is 5.32 Å². The van der Waals surface area contributed by atoms with Crippen LogP contribution in [0.2, 0.25) is 5.02 Å². The summed E-state index contributed by atoms with van der Waals surface area (Å²) in [6, 6.07) is 5.51. The van der Waals surface area contributed by atoms with Gasteiger partial charge in [0.05, 0.1) is 5.02 Å². The number of rotatable bonds is 6. The molecule has 0 radical (unpaired) electrons. The zero-order valence-electron chi connectivity index (χ0n) is 10.5. The van der Waals surface area contributed by atoms with Gasteiger partial charge in [0.25, 0.3) is 0 Å². The first-order valence-corrected chi connectivity index (χ1v) is 7.36. The number of halogens is 2. The molecule has 1 aromatic rings. The average molecular weight is 276 g/mol. The van der Waals surface area contributed by atoms with E-state index in [0.717, 1.165) is 17.1 Å². The molecule has 0 saturated heterocycles. The Morgan fingerprint density at radius 2 is 2.12 bits per heavy atom. The van der Waals surface area contributed by atoms with E-state index in [0.29, 0.717) is 6.04 Å². The van der Waals surface area contributed by atoms with Crippen LogP contribution in [0.1, 0.15) is 32.4 Å². The van der Waals surface area contributed by atoms with Gasteiger partial charge in [-0.1, -0.05) is 24.6 Å². The van der Waals surface area contributed by atoms with Crippen molar-refractivity contribution in [2.45, 2.75) is 32.9 Å². The van der Waals surface area contributed by atoms with Crippen molar-refractivity contribution >= 4 is 23.4 Å². The lowest BCUT2D eigenvalue weighted by Gasteiger charge is -2.20. The lowest BCUT2D eigenvalue weighted by molar-refractivity contribution is 0.508. The molecule has 2 atom stereocenters.